The Morgan fingerprint density at radius 2 is 1.82 bits per heavy atom. The summed E-state index contributed by atoms with van der Waals surface area (Å²) in [7, 11) is 0. The number of amides is 1. The summed E-state index contributed by atoms with van der Waals surface area (Å²) in [5.74, 6) is -0.603. The zero-order valence-electron chi connectivity index (χ0n) is 15.1. The number of hydrogen-bond acceptors (Lipinski definition) is 3. The van der Waals surface area contributed by atoms with E-state index in [1.54, 1.807) is 23.1 Å². The SMILES string of the molecule is Cc1c(Cl)c(C(F)(F)F)nn1CC(=O)N1CCN(Cc2ccccc2F)CC1. The van der Waals surface area contributed by atoms with Crippen LogP contribution in [0.3, 0.4) is 0 Å². The smallest absolute Gasteiger partial charge is 0.339 e. The van der Waals surface area contributed by atoms with Crippen molar-refractivity contribution in [1.29, 1.82) is 0 Å². The van der Waals surface area contributed by atoms with Gasteiger partial charge in [-0.2, -0.15) is 18.3 Å². The topological polar surface area (TPSA) is 41.4 Å². The number of carbonyl (C=O) groups excluding carboxylic acids is 1. The molecule has 5 nitrogen and oxygen atoms in total. The first-order chi connectivity index (χ1) is 13.2. The van der Waals surface area contributed by atoms with Crippen molar-refractivity contribution in [2.24, 2.45) is 0 Å². The fourth-order valence-electron chi connectivity index (χ4n) is 3.11. The Morgan fingerprint density at radius 1 is 1.18 bits per heavy atom. The molecule has 28 heavy (non-hydrogen) atoms. The Bertz CT molecular complexity index is 860. The van der Waals surface area contributed by atoms with Gasteiger partial charge < -0.3 is 4.90 Å². The van der Waals surface area contributed by atoms with E-state index < -0.39 is 16.9 Å². The van der Waals surface area contributed by atoms with Crippen LogP contribution in [0.15, 0.2) is 24.3 Å². The Labute approximate surface area is 164 Å². The molecule has 3 rings (SSSR count). The zero-order valence-corrected chi connectivity index (χ0v) is 15.9. The van der Waals surface area contributed by atoms with Gasteiger partial charge in [0, 0.05) is 38.3 Å². The summed E-state index contributed by atoms with van der Waals surface area (Å²) in [5.41, 5.74) is -0.501. The van der Waals surface area contributed by atoms with Gasteiger partial charge in [-0.3, -0.25) is 14.4 Å². The Kier molecular flexibility index (Phi) is 5.95. The molecule has 1 aliphatic heterocycles. The lowest BCUT2D eigenvalue weighted by Gasteiger charge is -2.34. The van der Waals surface area contributed by atoms with Crippen molar-refractivity contribution >= 4 is 17.5 Å². The lowest BCUT2D eigenvalue weighted by Crippen LogP contribution is -2.49. The third kappa shape index (κ3) is 4.47. The maximum atomic E-state index is 13.8. The van der Waals surface area contributed by atoms with E-state index in [-0.39, 0.29) is 24.0 Å². The molecule has 1 fully saturated rings. The van der Waals surface area contributed by atoms with Crippen LogP contribution in [0, 0.1) is 12.7 Å². The first-order valence-electron chi connectivity index (χ1n) is 8.70. The minimum atomic E-state index is -4.67. The molecule has 1 aromatic heterocycles. The van der Waals surface area contributed by atoms with Gasteiger partial charge in [0.2, 0.25) is 5.91 Å². The summed E-state index contributed by atoms with van der Waals surface area (Å²) in [6.07, 6.45) is -4.67. The first kappa shape index (κ1) is 20.6. The summed E-state index contributed by atoms with van der Waals surface area (Å²) in [6.45, 7) is 3.44. The van der Waals surface area contributed by atoms with Gasteiger partial charge in [0.05, 0.1) is 10.7 Å². The number of nitrogens with zero attached hydrogens (tertiary/aromatic N) is 4. The summed E-state index contributed by atoms with van der Waals surface area (Å²) >= 11 is 5.71. The molecule has 0 spiro atoms. The van der Waals surface area contributed by atoms with Gasteiger partial charge in [-0.05, 0) is 13.0 Å². The van der Waals surface area contributed by atoms with Crippen molar-refractivity contribution in [2.45, 2.75) is 26.2 Å². The van der Waals surface area contributed by atoms with Crippen molar-refractivity contribution in [3.63, 3.8) is 0 Å². The summed E-state index contributed by atoms with van der Waals surface area (Å²) in [5, 5.41) is 2.97. The van der Waals surface area contributed by atoms with E-state index in [1.165, 1.54) is 13.0 Å². The van der Waals surface area contributed by atoms with Crippen molar-refractivity contribution < 1.29 is 22.4 Å². The zero-order chi connectivity index (χ0) is 20.5. The molecule has 0 aliphatic carbocycles. The number of aromatic nitrogens is 2. The molecule has 2 heterocycles. The van der Waals surface area contributed by atoms with Gasteiger partial charge in [0.15, 0.2) is 5.69 Å². The molecule has 152 valence electrons. The average Bonchev–Trinajstić information content (AvgIpc) is 2.93. The van der Waals surface area contributed by atoms with Gasteiger partial charge in [0.25, 0.3) is 0 Å². The van der Waals surface area contributed by atoms with Gasteiger partial charge in [-0.15, -0.1) is 0 Å². The minimum Gasteiger partial charge on any atom is -0.339 e. The van der Waals surface area contributed by atoms with Crippen LogP contribution in [0.4, 0.5) is 17.6 Å². The number of rotatable bonds is 4. The number of benzene rings is 1. The largest absolute Gasteiger partial charge is 0.436 e. The molecule has 0 radical (unpaired) electrons. The second-order valence-electron chi connectivity index (χ2n) is 6.65. The van der Waals surface area contributed by atoms with E-state index in [4.69, 9.17) is 11.6 Å². The number of hydrogen-bond donors (Lipinski definition) is 0. The molecule has 1 aliphatic rings. The second kappa shape index (κ2) is 8.08. The first-order valence-corrected chi connectivity index (χ1v) is 9.08. The maximum absolute atomic E-state index is 13.8. The molecule has 0 atom stereocenters. The Hall–Kier alpha value is -2.13. The summed E-state index contributed by atoms with van der Waals surface area (Å²) in [6, 6.07) is 6.52. The van der Waals surface area contributed by atoms with E-state index in [2.05, 4.69) is 5.10 Å². The number of piperazine rings is 1. The van der Waals surface area contributed by atoms with E-state index in [0.717, 1.165) is 4.68 Å². The predicted octanol–water partition coefficient (Wildman–Crippen LogP) is 3.35. The standard InChI is InChI=1S/C18H19ClF4N4O/c1-12-16(19)17(18(21,22)23)24-27(12)11-15(28)26-8-6-25(7-9-26)10-13-4-2-3-5-14(13)20/h2-5H,6-11H2,1H3. The number of alkyl halides is 3. The van der Waals surface area contributed by atoms with E-state index >= 15 is 0 Å². The highest BCUT2D eigenvalue weighted by atomic mass is 35.5. The number of halogens is 5. The van der Waals surface area contributed by atoms with Crippen LogP contribution < -0.4 is 0 Å². The molecule has 1 amide bonds. The van der Waals surface area contributed by atoms with E-state index in [1.807, 2.05) is 4.90 Å². The third-order valence-corrected chi connectivity index (χ3v) is 5.22. The van der Waals surface area contributed by atoms with Crippen molar-refractivity contribution in [2.75, 3.05) is 26.2 Å². The Balaban J connectivity index is 1.58. The van der Waals surface area contributed by atoms with Crippen LogP contribution in [0.5, 0.6) is 0 Å². The monoisotopic (exact) mass is 418 g/mol. The van der Waals surface area contributed by atoms with E-state index in [0.29, 0.717) is 38.3 Å². The van der Waals surface area contributed by atoms with Gasteiger partial charge >= 0.3 is 6.18 Å². The fourth-order valence-corrected chi connectivity index (χ4v) is 3.35. The lowest BCUT2D eigenvalue weighted by molar-refractivity contribution is -0.142. The summed E-state index contributed by atoms with van der Waals surface area (Å²) in [4.78, 5) is 16.1. The lowest BCUT2D eigenvalue weighted by atomic mass is 10.2. The molecule has 0 bridgehead atoms. The van der Waals surface area contributed by atoms with Crippen molar-refractivity contribution in [3.8, 4) is 0 Å². The average molecular weight is 419 g/mol. The van der Waals surface area contributed by atoms with Crippen LogP contribution in [0.25, 0.3) is 0 Å². The fraction of sp³-hybridized carbons (Fsp3) is 0.444. The van der Waals surface area contributed by atoms with Crippen LogP contribution in [-0.4, -0.2) is 51.7 Å². The highest BCUT2D eigenvalue weighted by Crippen LogP contribution is 2.35. The number of carbonyl (C=O) groups is 1. The second-order valence-corrected chi connectivity index (χ2v) is 7.03. The van der Waals surface area contributed by atoms with Gasteiger partial charge in [-0.1, -0.05) is 29.8 Å². The normalized spacial score (nSPS) is 15.9. The molecule has 0 saturated carbocycles. The molecule has 0 N–H and O–H groups in total. The highest BCUT2D eigenvalue weighted by molar-refractivity contribution is 6.32. The van der Waals surface area contributed by atoms with Crippen LogP contribution >= 0.6 is 11.6 Å². The summed E-state index contributed by atoms with van der Waals surface area (Å²) < 4.78 is 53.4. The van der Waals surface area contributed by atoms with Crippen LogP contribution in [0.2, 0.25) is 5.02 Å². The molecule has 1 saturated heterocycles. The predicted molar refractivity (Wildman–Crippen MR) is 95.2 cm³/mol. The molecule has 10 heteroatoms. The molecular weight excluding hydrogens is 400 g/mol. The Morgan fingerprint density at radius 3 is 2.39 bits per heavy atom. The highest BCUT2D eigenvalue weighted by Gasteiger charge is 2.38. The van der Waals surface area contributed by atoms with Crippen molar-refractivity contribution in [3.05, 3.63) is 52.1 Å². The molecule has 1 aromatic carbocycles. The van der Waals surface area contributed by atoms with Crippen LogP contribution in [0.1, 0.15) is 17.0 Å². The molecule has 2 aromatic rings. The van der Waals surface area contributed by atoms with Gasteiger partial charge in [0.1, 0.15) is 12.4 Å². The molecular formula is C18H19ClF4N4O. The molecule has 0 unspecified atom stereocenters. The van der Waals surface area contributed by atoms with Crippen LogP contribution in [-0.2, 0) is 24.1 Å². The minimum absolute atomic E-state index is 0.0977. The van der Waals surface area contributed by atoms with E-state index in [9.17, 15) is 22.4 Å². The quantitative estimate of drug-likeness (QED) is 0.715. The van der Waals surface area contributed by atoms with Crippen molar-refractivity contribution in [1.82, 2.24) is 19.6 Å². The maximum Gasteiger partial charge on any atom is 0.436 e. The van der Waals surface area contributed by atoms with Gasteiger partial charge in [-0.25, -0.2) is 4.39 Å². The third-order valence-electron chi connectivity index (χ3n) is 4.76.